The Hall–Kier alpha value is -0.410. The molecule has 2 unspecified atom stereocenters. The molecule has 1 aliphatic carbocycles. The number of hydrogen-bond acceptors (Lipinski definition) is 3. The third kappa shape index (κ3) is 2.30. The summed E-state index contributed by atoms with van der Waals surface area (Å²) in [7, 11) is 0. The van der Waals surface area contributed by atoms with Gasteiger partial charge < -0.3 is 5.73 Å². The van der Waals surface area contributed by atoms with Gasteiger partial charge in [-0.2, -0.15) is 0 Å². The monoisotopic (exact) mass is 238 g/mol. The van der Waals surface area contributed by atoms with Gasteiger partial charge in [0.15, 0.2) is 0 Å². The smallest absolute Gasteiger partial charge is 0.113 e. The summed E-state index contributed by atoms with van der Waals surface area (Å²) in [4.78, 5) is 5.76. The molecule has 0 spiro atoms. The van der Waals surface area contributed by atoms with E-state index in [1.54, 1.807) is 11.3 Å². The van der Waals surface area contributed by atoms with E-state index in [-0.39, 0.29) is 5.54 Å². The summed E-state index contributed by atoms with van der Waals surface area (Å²) in [6.45, 7) is 9.06. The van der Waals surface area contributed by atoms with Crippen molar-refractivity contribution < 1.29 is 0 Å². The first kappa shape index (κ1) is 12.1. The fourth-order valence-corrected chi connectivity index (χ4v) is 4.26. The standard InChI is InChI=1S/C13H22N2S/c1-9-5-12(3,4)8-13(14,6-9)11-15-7-10(2)16-11/h7,9H,5-6,8,14H2,1-4H3. The summed E-state index contributed by atoms with van der Waals surface area (Å²) in [6, 6.07) is 0. The van der Waals surface area contributed by atoms with Crippen LogP contribution in [0, 0.1) is 18.3 Å². The van der Waals surface area contributed by atoms with Crippen molar-refractivity contribution in [3.63, 3.8) is 0 Å². The molecule has 3 heteroatoms. The summed E-state index contributed by atoms with van der Waals surface area (Å²) >= 11 is 1.76. The summed E-state index contributed by atoms with van der Waals surface area (Å²) in [5, 5.41) is 1.13. The van der Waals surface area contributed by atoms with Crippen molar-refractivity contribution in [2.75, 3.05) is 0 Å². The number of nitrogens with zero attached hydrogens (tertiary/aromatic N) is 1. The van der Waals surface area contributed by atoms with Crippen LogP contribution in [-0.2, 0) is 5.54 Å². The zero-order valence-corrected chi connectivity index (χ0v) is 11.5. The molecule has 1 aromatic rings. The van der Waals surface area contributed by atoms with E-state index in [1.807, 2.05) is 6.20 Å². The molecule has 0 amide bonds. The van der Waals surface area contributed by atoms with Gasteiger partial charge in [-0.3, -0.25) is 0 Å². The van der Waals surface area contributed by atoms with E-state index in [9.17, 15) is 0 Å². The van der Waals surface area contributed by atoms with Crippen LogP contribution in [0.2, 0.25) is 0 Å². The van der Waals surface area contributed by atoms with Gasteiger partial charge in [-0.15, -0.1) is 11.3 Å². The molecule has 2 N–H and O–H groups in total. The molecule has 0 bridgehead atoms. The molecule has 0 saturated heterocycles. The van der Waals surface area contributed by atoms with Crippen LogP contribution in [-0.4, -0.2) is 4.98 Å². The number of rotatable bonds is 1. The largest absolute Gasteiger partial charge is 0.319 e. The minimum absolute atomic E-state index is 0.194. The zero-order chi connectivity index (χ0) is 12.0. The highest BCUT2D eigenvalue weighted by Gasteiger charge is 2.42. The summed E-state index contributed by atoms with van der Waals surface area (Å²) in [5.74, 6) is 0.693. The molecule has 1 fully saturated rings. The average molecular weight is 238 g/mol. The van der Waals surface area contributed by atoms with Crippen molar-refractivity contribution >= 4 is 11.3 Å². The Labute approximate surface area is 102 Å². The van der Waals surface area contributed by atoms with E-state index < -0.39 is 0 Å². The van der Waals surface area contributed by atoms with Crippen LogP contribution in [0.15, 0.2) is 6.20 Å². The topological polar surface area (TPSA) is 38.9 Å². The van der Waals surface area contributed by atoms with Gasteiger partial charge in [0.2, 0.25) is 0 Å². The maximum atomic E-state index is 6.61. The fourth-order valence-electron chi connectivity index (χ4n) is 3.38. The molecule has 2 nitrogen and oxygen atoms in total. The van der Waals surface area contributed by atoms with E-state index in [4.69, 9.17) is 5.73 Å². The Morgan fingerprint density at radius 2 is 2.12 bits per heavy atom. The van der Waals surface area contributed by atoms with Crippen molar-refractivity contribution in [3.8, 4) is 0 Å². The predicted octanol–water partition coefficient (Wildman–Crippen LogP) is 3.45. The molecular weight excluding hydrogens is 216 g/mol. The molecular formula is C13H22N2S. The highest BCUT2D eigenvalue weighted by Crippen LogP contribution is 2.47. The number of aromatic nitrogens is 1. The maximum absolute atomic E-state index is 6.61. The van der Waals surface area contributed by atoms with Crippen molar-refractivity contribution in [1.29, 1.82) is 0 Å². The van der Waals surface area contributed by atoms with Crippen molar-refractivity contribution in [1.82, 2.24) is 4.98 Å². The summed E-state index contributed by atoms with van der Waals surface area (Å²) in [6.07, 6.45) is 5.35. The van der Waals surface area contributed by atoms with Gasteiger partial charge in [0.25, 0.3) is 0 Å². The van der Waals surface area contributed by atoms with E-state index in [0.717, 1.165) is 17.8 Å². The highest BCUT2D eigenvalue weighted by atomic mass is 32.1. The van der Waals surface area contributed by atoms with Gasteiger partial charge in [0, 0.05) is 11.1 Å². The fraction of sp³-hybridized carbons (Fsp3) is 0.769. The van der Waals surface area contributed by atoms with E-state index >= 15 is 0 Å². The second-order valence-corrected chi connectivity index (χ2v) is 7.52. The number of thiazole rings is 1. The maximum Gasteiger partial charge on any atom is 0.113 e. The lowest BCUT2D eigenvalue weighted by atomic mass is 9.65. The highest BCUT2D eigenvalue weighted by molar-refractivity contribution is 7.11. The molecule has 2 rings (SSSR count). The lowest BCUT2D eigenvalue weighted by Crippen LogP contribution is -2.46. The Morgan fingerprint density at radius 3 is 2.62 bits per heavy atom. The number of hydrogen-bond donors (Lipinski definition) is 1. The number of nitrogens with two attached hydrogens (primary N) is 1. The SMILES string of the molecule is Cc1cnc(C2(N)CC(C)CC(C)(C)C2)s1. The average Bonchev–Trinajstić information content (AvgIpc) is 2.47. The lowest BCUT2D eigenvalue weighted by molar-refractivity contribution is 0.107. The minimum atomic E-state index is -0.194. The van der Waals surface area contributed by atoms with Crippen molar-refractivity contribution in [2.45, 2.75) is 52.5 Å². The quantitative estimate of drug-likeness (QED) is 0.814. The van der Waals surface area contributed by atoms with Crippen LogP contribution >= 0.6 is 11.3 Å². The Balaban J connectivity index is 2.30. The first-order valence-electron chi connectivity index (χ1n) is 6.03. The van der Waals surface area contributed by atoms with Crippen molar-refractivity contribution in [3.05, 3.63) is 16.1 Å². The third-order valence-electron chi connectivity index (χ3n) is 3.45. The van der Waals surface area contributed by atoms with Crippen LogP contribution < -0.4 is 5.73 Å². The molecule has 1 saturated carbocycles. The predicted molar refractivity (Wildman–Crippen MR) is 69.5 cm³/mol. The van der Waals surface area contributed by atoms with Crippen LogP contribution in [0.1, 0.15) is 49.9 Å². The van der Waals surface area contributed by atoms with Gasteiger partial charge in [-0.05, 0) is 37.5 Å². The van der Waals surface area contributed by atoms with Gasteiger partial charge in [-0.1, -0.05) is 20.8 Å². The van der Waals surface area contributed by atoms with E-state index in [0.29, 0.717) is 11.3 Å². The molecule has 1 heterocycles. The zero-order valence-electron chi connectivity index (χ0n) is 10.7. The van der Waals surface area contributed by atoms with Gasteiger partial charge in [-0.25, -0.2) is 4.98 Å². The third-order valence-corrected chi connectivity index (χ3v) is 4.59. The molecule has 1 aliphatic rings. The molecule has 16 heavy (non-hydrogen) atoms. The molecule has 2 atom stereocenters. The van der Waals surface area contributed by atoms with Crippen LogP contribution in [0.3, 0.4) is 0 Å². The number of aryl methyl sites for hydroxylation is 1. The van der Waals surface area contributed by atoms with Crippen LogP contribution in [0.5, 0.6) is 0 Å². The van der Waals surface area contributed by atoms with Crippen LogP contribution in [0.4, 0.5) is 0 Å². The van der Waals surface area contributed by atoms with Gasteiger partial charge in [0.1, 0.15) is 5.01 Å². The Morgan fingerprint density at radius 1 is 1.44 bits per heavy atom. The first-order valence-corrected chi connectivity index (χ1v) is 6.84. The molecule has 0 radical (unpaired) electrons. The molecule has 90 valence electrons. The van der Waals surface area contributed by atoms with Gasteiger partial charge in [0.05, 0.1) is 5.54 Å². The van der Waals surface area contributed by atoms with E-state index in [1.165, 1.54) is 11.3 Å². The molecule has 1 aromatic heterocycles. The van der Waals surface area contributed by atoms with Crippen LogP contribution in [0.25, 0.3) is 0 Å². The second kappa shape index (κ2) is 3.81. The van der Waals surface area contributed by atoms with Gasteiger partial charge >= 0.3 is 0 Å². The Bertz CT molecular complexity index is 383. The summed E-state index contributed by atoms with van der Waals surface area (Å²) in [5.41, 5.74) is 6.75. The first-order chi connectivity index (χ1) is 7.31. The molecule has 0 aromatic carbocycles. The normalized spacial score (nSPS) is 33.9. The Kier molecular flexibility index (Phi) is 2.87. The second-order valence-electron chi connectivity index (χ2n) is 6.29. The molecule has 0 aliphatic heterocycles. The van der Waals surface area contributed by atoms with E-state index in [2.05, 4.69) is 32.7 Å². The lowest BCUT2D eigenvalue weighted by Gasteiger charge is -2.44. The summed E-state index contributed by atoms with van der Waals surface area (Å²) < 4.78 is 0. The van der Waals surface area contributed by atoms with Crippen molar-refractivity contribution in [2.24, 2.45) is 17.1 Å². The minimum Gasteiger partial charge on any atom is -0.319 e.